The molecule has 5 rings (SSSR count). The van der Waals surface area contributed by atoms with Crippen molar-refractivity contribution < 1.29 is 19.4 Å². The van der Waals surface area contributed by atoms with Crippen molar-refractivity contribution in [2.75, 3.05) is 20.3 Å². The van der Waals surface area contributed by atoms with Gasteiger partial charge in [-0.05, 0) is 97.2 Å². The first kappa shape index (κ1) is 26.4. The summed E-state index contributed by atoms with van der Waals surface area (Å²) >= 11 is 0. The van der Waals surface area contributed by atoms with Gasteiger partial charge in [-0.3, -0.25) is 4.90 Å². The number of pyridine rings is 1. The number of hydrogen-bond donors (Lipinski definition) is 1. The molecule has 1 fully saturated rings. The minimum atomic E-state index is -0.784. The summed E-state index contributed by atoms with van der Waals surface area (Å²) < 4.78 is 12.0. The smallest absolute Gasteiger partial charge is 0.213 e. The Labute approximate surface area is 225 Å². The lowest BCUT2D eigenvalue weighted by molar-refractivity contribution is -0.117. The predicted octanol–water partition coefficient (Wildman–Crippen LogP) is 5.55. The molecule has 0 spiro atoms. The number of aromatic nitrogens is 1. The molecular weight excluding hydrogens is 476 g/mol. The highest BCUT2D eigenvalue weighted by Gasteiger charge is 2.28. The molecule has 3 heterocycles. The number of aldehydes is 1. The van der Waals surface area contributed by atoms with Crippen LogP contribution >= 0.6 is 0 Å². The Hall–Kier alpha value is -3.22. The van der Waals surface area contributed by atoms with E-state index in [9.17, 15) is 9.90 Å². The van der Waals surface area contributed by atoms with Crippen LogP contribution in [0.5, 0.6) is 11.6 Å². The molecule has 0 aliphatic carbocycles. The fraction of sp³-hybridized carbons (Fsp3) is 0.438. The molecular formula is C32H38N2O4. The summed E-state index contributed by atoms with van der Waals surface area (Å²) in [5, 5.41) is 9.70. The summed E-state index contributed by atoms with van der Waals surface area (Å²) in [4.78, 5) is 18.4. The molecule has 2 aromatic carbocycles. The highest BCUT2D eigenvalue weighted by molar-refractivity contribution is 5.66. The quantitative estimate of drug-likeness (QED) is 0.378. The number of ether oxygens (including phenoxy) is 2. The number of fused-ring (bicyclic) bond motifs is 1. The number of likely N-dealkylation sites (tertiary alicyclic amines) is 1. The van der Waals surface area contributed by atoms with Crippen LogP contribution in [0.25, 0.3) is 11.1 Å². The summed E-state index contributed by atoms with van der Waals surface area (Å²) in [6, 6.07) is 17.5. The molecule has 0 amide bonds. The maximum absolute atomic E-state index is 11.6. The van der Waals surface area contributed by atoms with Crippen molar-refractivity contribution in [1.82, 2.24) is 9.88 Å². The van der Waals surface area contributed by atoms with E-state index in [0.717, 1.165) is 54.7 Å². The van der Waals surface area contributed by atoms with Crippen LogP contribution in [0.15, 0.2) is 54.7 Å². The van der Waals surface area contributed by atoms with Crippen molar-refractivity contribution in [2.45, 2.75) is 64.6 Å². The number of hydrogen-bond acceptors (Lipinski definition) is 6. The Balaban J connectivity index is 1.46. The molecule has 1 N–H and O–H groups in total. The number of benzene rings is 2. The molecule has 6 heteroatoms. The number of carbonyl (C=O) groups excluding carboxylic acids is 1. The van der Waals surface area contributed by atoms with Gasteiger partial charge in [-0.25, -0.2) is 4.98 Å². The van der Waals surface area contributed by atoms with Crippen LogP contribution in [-0.2, 0) is 24.2 Å². The monoisotopic (exact) mass is 514 g/mol. The lowest BCUT2D eigenvalue weighted by Crippen LogP contribution is -2.27. The average Bonchev–Trinajstić information content (AvgIpc) is 3.36. The molecule has 38 heavy (non-hydrogen) atoms. The highest BCUT2D eigenvalue weighted by Crippen LogP contribution is 2.39. The van der Waals surface area contributed by atoms with Gasteiger partial charge < -0.3 is 19.4 Å². The van der Waals surface area contributed by atoms with E-state index in [2.05, 4.69) is 53.2 Å². The number of methoxy groups -OCH3 is 1. The van der Waals surface area contributed by atoms with Gasteiger partial charge in [0.1, 0.15) is 18.1 Å². The molecule has 1 saturated heterocycles. The molecule has 0 saturated carbocycles. The minimum Gasteiger partial charge on any atom is -0.485 e. The van der Waals surface area contributed by atoms with Gasteiger partial charge in [-0.2, -0.15) is 0 Å². The van der Waals surface area contributed by atoms with Crippen LogP contribution in [0.2, 0.25) is 0 Å². The number of rotatable bonds is 9. The summed E-state index contributed by atoms with van der Waals surface area (Å²) in [5.41, 5.74) is 6.17. The molecule has 3 atom stereocenters. The van der Waals surface area contributed by atoms with Crippen molar-refractivity contribution in [3.05, 3.63) is 77.0 Å². The molecule has 0 bridgehead atoms. The van der Waals surface area contributed by atoms with E-state index in [1.54, 1.807) is 20.2 Å². The summed E-state index contributed by atoms with van der Waals surface area (Å²) in [5.74, 6) is 1.49. The Kier molecular flexibility index (Phi) is 7.82. The SMILES string of the molecule is COc1cc(-c2ccc(C3CCc4ccc(C[C@](C)(C=O)CO)cc4O3)c(CN3CCC[C@@H]3C)c2)ccn1. The van der Waals surface area contributed by atoms with Crippen molar-refractivity contribution >= 4 is 6.29 Å². The van der Waals surface area contributed by atoms with Gasteiger partial charge in [-0.1, -0.05) is 31.2 Å². The number of aryl methyl sites for hydroxylation is 1. The van der Waals surface area contributed by atoms with Crippen LogP contribution in [0, 0.1) is 5.41 Å². The topological polar surface area (TPSA) is 71.9 Å². The highest BCUT2D eigenvalue weighted by atomic mass is 16.5. The zero-order valence-electron chi connectivity index (χ0n) is 22.7. The van der Waals surface area contributed by atoms with Crippen LogP contribution in [0.1, 0.15) is 61.5 Å². The van der Waals surface area contributed by atoms with Gasteiger partial charge in [0.25, 0.3) is 0 Å². The second-order valence-corrected chi connectivity index (χ2v) is 11.2. The zero-order valence-corrected chi connectivity index (χ0v) is 22.7. The normalized spacial score (nSPS) is 20.8. The first-order valence-corrected chi connectivity index (χ1v) is 13.6. The van der Waals surface area contributed by atoms with Gasteiger partial charge in [0.05, 0.1) is 19.1 Å². The summed E-state index contributed by atoms with van der Waals surface area (Å²) in [7, 11) is 1.64. The Morgan fingerprint density at radius 2 is 2.00 bits per heavy atom. The number of aliphatic hydroxyl groups excluding tert-OH is 1. The van der Waals surface area contributed by atoms with E-state index in [4.69, 9.17) is 9.47 Å². The summed E-state index contributed by atoms with van der Waals surface area (Å²) in [6.45, 7) is 5.94. The maximum atomic E-state index is 11.6. The van der Waals surface area contributed by atoms with E-state index in [1.807, 2.05) is 12.1 Å². The molecule has 200 valence electrons. The van der Waals surface area contributed by atoms with E-state index in [-0.39, 0.29) is 12.7 Å². The number of aliphatic hydroxyl groups is 1. The molecule has 6 nitrogen and oxygen atoms in total. The third-order valence-electron chi connectivity index (χ3n) is 8.16. The number of nitrogens with zero attached hydrogens (tertiary/aromatic N) is 2. The van der Waals surface area contributed by atoms with Gasteiger partial charge >= 0.3 is 0 Å². The fourth-order valence-corrected chi connectivity index (χ4v) is 5.73. The van der Waals surface area contributed by atoms with E-state index in [1.165, 1.54) is 29.5 Å². The molecule has 2 aliphatic rings. The zero-order chi connectivity index (χ0) is 26.7. The van der Waals surface area contributed by atoms with Crippen LogP contribution in [-0.4, -0.2) is 47.6 Å². The van der Waals surface area contributed by atoms with Crippen molar-refractivity contribution in [3.63, 3.8) is 0 Å². The first-order chi connectivity index (χ1) is 18.4. The van der Waals surface area contributed by atoms with Crippen LogP contribution < -0.4 is 9.47 Å². The predicted molar refractivity (Wildman–Crippen MR) is 148 cm³/mol. The Bertz CT molecular complexity index is 1290. The number of carbonyl (C=O) groups is 1. The molecule has 3 aromatic rings. The largest absolute Gasteiger partial charge is 0.485 e. The van der Waals surface area contributed by atoms with E-state index in [0.29, 0.717) is 18.3 Å². The lowest BCUT2D eigenvalue weighted by atomic mass is 9.85. The molecule has 1 aromatic heterocycles. The van der Waals surface area contributed by atoms with E-state index >= 15 is 0 Å². The Morgan fingerprint density at radius 1 is 1.16 bits per heavy atom. The van der Waals surface area contributed by atoms with Crippen molar-refractivity contribution in [2.24, 2.45) is 5.41 Å². The van der Waals surface area contributed by atoms with Crippen molar-refractivity contribution in [3.8, 4) is 22.8 Å². The molecule has 1 unspecified atom stereocenters. The molecule has 0 radical (unpaired) electrons. The first-order valence-electron chi connectivity index (χ1n) is 13.6. The van der Waals surface area contributed by atoms with Gasteiger partial charge in [0.15, 0.2) is 0 Å². The fourth-order valence-electron chi connectivity index (χ4n) is 5.73. The van der Waals surface area contributed by atoms with Crippen molar-refractivity contribution in [1.29, 1.82) is 0 Å². The lowest BCUT2D eigenvalue weighted by Gasteiger charge is -2.30. The standard InChI is InChI=1S/C32H38N2O4/c1-22-5-4-14-34(22)19-27-16-25(26-12-13-33-31(17-26)37-3)8-10-28(27)29-11-9-24-7-6-23(15-30(24)38-29)18-32(2,20-35)21-36/h6-8,10,12-13,15-17,20,22,29,36H,4-5,9,11,14,18-19,21H2,1-3H3/t22-,29?,32+/m0/s1. The third kappa shape index (κ3) is 5.62. The van der Waals surface area contributed by atoms with Crippen LogP contribution in [0.3, 0.4) is 0 Å². The van der Waals surface area contributed by atoms with Gasteiger partial charge in [0, 0.05) is 24.8 Å². The second kappa shape index (κ2) is 11.3. The molecule has 2 aliphatic heterocycles. The Morgan fingerprint density at radius 3 is 2.74 bits per heavy atom. The van der Waals surface area contributed by atoms with E-state index < -0.39 is 5.41 Å². The average molecular weight is 515 g/mol. The van der Waals surface area contributed by atoms with Gasteiger partial charge in [0.2, 0.25) is 5.88 Å². The second-order valence-electron chi connectivity index (χ2n) is 11.2. The van der Waals surface area contributed by atoms with Crippen LogP contribution in [0.4, 0.5) is 0 Å². The maximum Gasteiger partial charge on any atom is 0.213 e. The van der Waals surface area contributed by atoms with Gasteiger partial charge in [-0.15, -0.1) is 0 Å². The minimum absolute atomic E-state index is 0.0398. The third-order valence-corrected chi connectivity index (χ3v) is 8.16. The summed E-state index contributed by atoms with van der Waals surface area (Å²) in [6.07, 6.45) is 7.41.